The van der Waals surface area contributed by atoms with Gasteiger partial charge >= 0.3 is 6.09 Å². The largest absolute Gasteiger partial charge is 0.508 e. The molecule has 1 aromatic carbocycles. The maximum atomic E-state index is 11.6. The molecule has 2 amide bonds. The van der Waals surface area contributed by atoms with Crippen molar-refractivity contribution < 1.29 is 19.4 Å². The Morgan fingerprint density at radius 3 is 2.53 bits per heavy atom. The van der Waals surface area contributed by atoms with Crippen molar-refractivity contribution in [2.75, 3.05) is 6.61 Å². The molecule has 19 heavy (non-hydrogen) atoms. The Kier molecular flexibility index (Phi) is 5.62. The molecule has 0 aliphatic heterocycles. The summed E-state index contributed by atoms with van der Waals surface area (Å²) in [5.74, 6) is 4.67. The fourth-order valence-corrected chi connectivity index (χ4v) is 1.49. The third-order valence-corrected chi connectivity index (χ3v) is 2.40. The summed E-state index contributed by atoms with van der Waals surface area (Å²) in [4.78, 5) is 22.9. The van der Waals surface area contributed by atoms with E-state index in [9.17, 15) is 14.7 Å². The van der Waals surface area contributed by atoms with Crippen LogP contribution in [0.15, 0.2) is 24.3 Å². The highest BCUT2D eigenvalue weighted by Crippen LogP contribution is 2.11. The fourth-order valence-electron chi connectivity index (χ4n) is 1.49. The minimum absolute atomic E-state index is 0.127. The maximum Gasteiger partial charge on any atom is 0.407 e. The van der Waals surface area contributed by atoms with Crippen molar-refractivity contribution in [1.29, 1.82) is 0 Å². The highest BCUT2D eigenvalue weighted by Gasteiger charge is 2.20. The van der Waals surface area contributed by atoms with E-state index in [1.54, 1.807) is 19.1 Å². The van der Waals surface area contributed by atoms with E-state index in [4.69, 9.17) is 10.6 Å². The van der Waals surface area contributed by atoms with Crippen LogP contribution in [-0.4, -0.2) is 29.8 Å². The molecule has 0 fully saturated rings. The molecule has 104 valence electrons. The minimum Gasteiger partial charge on any atom is -0.508 e. The third kappa shape index (κ3) is 4.84. The number of benzene rings is 1. The van der Waals surface area contributed by atoms with Gasteiger partial charge in [0.1, 0.15) is 11.8 Å². The van der Waals surface area contributed by atoms with Gasteiger partial charge in [0.25, 0.3) is 5.91 Å². The molecule has 0 aliphatic carbocycles. The third-order valence-electron chi connectivity index (χ3n) is 2.40. The van der Waals surface area contributed by atoms with Crippen molar-refractivity contribution >= 4 is 12.0 Å². The van der Waals surface area contributed by atoms with E-state index in [-0.39, 0.29) is 18.8 Å². The highest BCUT2D eigenvalue weighted by molar-refractivity contribution is 5.85. The number of nitrogens with one attached hydrogen (secondary N) is 2. The Bertz CT molecular complexity index is 433. The van der Waals surface area contributed by atoms with Crippen molar-refractivity contribution in [3.8, 4) is 5.75 Å². The molecule has 5 N–H and O–H groups in total. The average Bonchev–Trinajstić information content (AvgIpc) is 2.40. The van der Waals surface area contributed by atoms with Gasteiger partial charge in [0, 0.05) is 6.42 Å². The summed E-state index contributed by atoms with van der Waals surface area (Å²) in [5, 5.41) is 11.6. The smallest absolute Gasteiger partial charge is 0.407 e. The lowest BCUT2D eigenvalue weighted by atomic mass is 10.1. The van der Waals surface area contributed by atoms with Gasteiger partial charge in [-0.1, -0.05) is 12.1 Å². The van der Waals surface area contributed by atoms with Gasteiger partial charge in [0.05, 0.1) is 6.61 Å². The molecule has 0 aliphatic rings. The number of nitrogens with two attached hydrogens (primary N) is 1. The molecule has 0 saturated heterocycles. The molecule has 0 aromatic heterocycles. The topological polar surface area (TPSA) is 114 Å². The van der Waals surface area contributed by atoms with Crippen LogP contribution < -0.4 is 16.6 Å². The van der Waals surface area contributed by atoms with Crippen LogP contribution in [-0.2, 0) is 16.0 Å². The maximum absolute atomic E-state index is 11.6. The molecule has 0 heterocycles. The first-order valence-electron chi connectivity index (χ1n) is 5.78. The molecule has 1 unspecified atom stereocenters. The van der Waals surface area contributed by atoms with Crippen LogP contribution in [0.3, 0.4) is 0 Å². The van der Waals surface area contributed by atoms with Crippen molar-refractivity contribution in [3.05, 3.63) is 29.8 Å². The Morgan fingerprint density at radius 1 is 1.37 bits per heavy atom. The van der Waals surface area contributed by atoms with Gasteiger partial charge < -0.3 is 15.2 Å². The standard InChI is InChI=1S/C12H17N3O4/c1-2-19-12(18)14-10(11(17)15-13)7-8-3-5-9(16)6-4-8/h3-6,10,16H,2,7,13H2,1H3,(H,14,18)(H,15,17). The van der Waals surface area contributed by atoms with E-state index in [1.165, 1.54) is 12.1 Å². The van der Waals surface area contributed by atoms with Gasteiger partial charge in [-0.2, -0.15) is 0 Å². The summed E-state index contributed by atoms with van der Waals surface area (Å²) < 4.78 is 4.71. The summed E-state index contributed by atoms with van der Waals surface area (Å²) in [7, 11) is 0. The Morgan fingerprint density at radius 2 is 2.00 bits per heavy atom. The molecular formula is C12H17N3O4. The normalized spacial score (nSPS) is 11.5. The number of alkyl carbamates (subject to hydrolysis) is 1. The molecule has 1 atom stereocenters. The van der Waals surface area contributed by atoms with Crippen molar-refractivity contribution in [2.24, 2.45) is 5.84 Å². The predicted molar refractivity (Wildman–Crippen MR) is 68.1 cm³/mol. The summed E-state index contributed by atoms with van der Waals surface area (Å²) in [5.41, 5.74) is 2.75. The average molecular weight is 267 g/mol. The number of hydrogen-bond donors (Lipinski definition) is 4. The van der Waals surface area contributed by atoms with E-state index in [0.29, 0.717) is 0 Å². The first kappa shape index (κ1) is 14.8. The minimum atomic E-state index is -0.839. The molecule has 1 rings (SSSR count). The summed E-state index contributed by atoms with van der Waals surface area (Å²) in [6, 6.07) is 5.46. The predicted octanol–water partition coefficient (Wildman–Crippen LogP) is 0.0393. The zero-order chi connectivity index (χ0) is 14.3. The van der Waals surface area contributed by atoms with Crippen LogP contribution in [0.4, 0.5) is 4.79 Å². The number of phenolic OH excluding ortho intramolecular Hbond substituents is 1. The summed E-state index contributed by atoms with van der Waals surface area (Å²) in [6.07, 6.45) is -0.447. The number of rotatable bonds is 5. The van der Waals surface area contributed by atoms with Crippen LogP contribution in [0.5, 0.6) is 5.75 Å². The van der Waals surface area contributed by atoms with Gasteiger partial charge in [-0.05, 0) is 24.6 Å². The van der Waals surface area contributed by atoms with Gasteiger partial charge in [0.2, 0.25) is 0 Å². The Balaban J connectivity index is 2.71. The molecular weight excluding hydrogens is 250 g/mol. The van der Waals surface area contributed by atoms with Crippen molar-refractivity contribution in [1.82, 2.24) is 10.7 Å². The van der Waals surface area contributed by atoms with Crippen LogP contribution in [0.25, 0.3) is 0 Å². The number of phenols is 1. The van der Waals surface area contributed by atoms with Gasteiger partial charge in [-0.15, -0.1) is 0 Å². The van der Waals surface area contributed by atoms with Crippen LogP contribution in [0.2, 0.25) is 0 Å². The zero-order valence-corrected chi connectivity index (χ0v) is 10.6. The molecule has 1 aromatic rings. The molecule has 7 heteroatoms. The summed E-state index contributed by atoms with van der Waals surface area (Å²) >= 11 is 0. The Labute approximate surface area is 110 Å². The SMILES string of the molecule is CCOC(=O)NC(Cc1ccc(O)cc1)C(=O)NN. The highest BCUT2D eigenvalue weighted by atomic mass is 16.5. The van der Waals surface area contributed by atoms with Crippen molar-refractivity contribution in [2.45, 2.75) is 19.4 Å². The lowest BCUT2D eigenvalue weighted by molar-refractivity contribution is -0.123. The van der Waals surface area contributed by atoms with E-state index >= 15 is 0 Å². The van der Waals surface area contributed by atoms with E-state index in [1.807, 2.05) is 5.43 Å². The molecule has 0 radical (unpaired) electrons. The van der Waals surface area contributed by atoms with Gasteiger partial charge in [0.15, 0.2) is 0 Å². The molecule has 7 nitrogen and oxygen atoms in total. The van der Waals surface area contributed by atoms with Gasteiger partial charge in [-0.3, -0.25) is 10.2 Å². The number of ether oxygens (including phenoxy) is 1. The molecule has 0 spiro atoms. The number of carbonyl (C=O) groups is 2. The number of carbonyl (C=O) groups excluding carboxylic acids is 2. The number of hydrazine groups is 1. The van der Waals surface area contributed by atoms with Crippen molar-refractivity contribution in [3.63, 3.8) is 0 Å². The van der Waals surface area contributed by atoms with Crippen LogP contribution in [0, 0.1) is 0 Å². The molecule has 0 bridgehead atoms. The number of hydrogen-bond acceptors (Lipinski definition) is 5. The lowest BCUT2D eigenvalue weighted by Crippen LogP contribution is -2.50. The van der Waals surface area contributed by atoms with E-state index < -0.39 is 18.0 Å². The van der Waals surface area contributed by atoms with E-state index in [2.05, 4.69) is 5.32 Å². The zero-order valence-electron chi connectivity index (χ0n) is 10.6. The second-order valence-corrected chi connectivity index (χ2v) is 3.80. The second kappa shape index (κ2) is 7.22. The lowest BCUT2D eigenvalue weighted by Gasteiger charge is -2.16. The monoisotopic (exact) mass is 267 g/mol. The quantitative estimate of drug-likeness (QED) is 0.342. The number of aromatic hydroxyl groups is 1. The second-order valence-electron chi connectivity index (χ2n) is 3.80. The van der Waals surface area contributed by atoms with Gasteiger partial charge in [-0.25, -0.2) is 10.6 Å². The molecule has 0 saturated carbocycles. The number of amides is 2. The summed E-state index contributed by atoms with van der Waals surface area (Å²) in [6.45, 7) is 1.87. The first-order valence-corrected chi connectivity index (χ1v) is 5.78. The first-order chi connectivity index (χ1) is 9.06. The van der Waals surface area contributed by atoms with E-state index in [0.717, 1.165) is 5.56 Å². The van der Waals surface area contributed by atoms with Crippen LogP contribution >= 0.6 is 0 Å². The van der Waals surface area contributed by atoms with Crippen LogP contribution in [0.1, 0.15) is 12.5 Å². The fraction of sp³-hybridized carbons (Fsp3) is 0.333. The Hall–Kier alpha value is -2.28.